The molecule has 0 bridgehead atoms. The van der Waals surface area contributed by atoms with Gasteiger partial charge < -0.3 is 5.73 Å². The summed E-state index contributed by atoms with van der Waals surface area (Å²) in [6.07, 6.45) is 7.15. The molecule has 0 radical (unpaired) electrons. The molecule has 1 saturated carbocycles. The molecule has 2 N–H and O–H groups in total. The lowest BCUT2D eigenvalue weighted by molar-refractivity contribution is 0.133. The zero-order valence-corrected chi connectivity index (χ0v) is 7.18. The fourth-order valence-corrected chi connectivity index (χ4v) is 2.37. The molecule has 1 aliphatic carbocycles. The van der Waals surface area contributed by atoms with Gasteiger partial charge >= 0.3 is 0 Å². The lowest BCUT2D eigenvalue weighted by Crippen LogP contribution is -2.43. The first-order chi connectivity index (χ1) is 5.37. The highest BCUT2D eigenvalue weighted by Gasteiger charge is 2.48. The number of hydrogen-bond acceptors (Lipinski definition) is 2. The van der Waals surface area contributed by atoms with E-state index in [9.17, 15) is 0 Å². The minimum atomic E-state index is 0.650. The van der Waals surface area contributed by atoms with Gasteiger partial charge in [-0.2, -0.15) is 0 Å². The Bertz CT molecular complexity index is 138. The molecule has 1 aliphatic heterocycles. The van der Waals surface area contributed by atoms with E-state index in [2.05, 4.69) is 4.90 Å². The number of rotatable bonds is 2. The summed E-state index contributed by atoms with van der Waals surface area (Å²) in [7, 11) is 0. The molecule has 0 aromatic heterocycles. The van der Waals surface area contributed by atoms with Crippen LogP contribution in [0.25, 0.3) is 0 Å². The third-order valence-corrected chi connectivity index (χ3v) is 3.22. The van der Waals surface area contributed by atoms with Gasteiger partial charge in [0.05, 0.1) is 0 Å². The van der Waals surface area contributed by atoms with Gasteiger partial charge in [0, 0.05) is 18.6 Å². The largest absolute Gasteiger partial charge is 0.329 e. The maximum absolute atomic E-state index is 5.57. The Balaban J connectivity index is 1.93. The van der Waals surface area contributed by atoms with Gasteiger partial charge in [-0.3, -0.25) is 4.90 Å². The standard InChI is InChI=1S/C9H18N2/c10-6-8-11-7-2-1-3-9(11)4-5-9/h1-8,10H2. The molecular formula is C9H18N2. The highest BCUT2D eigenvalue weighted by molar-refractivity contribution is 5.05. The molecule has 0 aromatic rings. The number of likely N-dealkylation sites (tertiary alicyclic amines) is 1. The summed E-state index contributed by atoms with van der Waals surface area (Å²) in [5.74, 6) is 0. The Morgan fingerprint density at radius 1 is 1.18 bits per heavy atom. The summed E-state index contributed by atoms with van der Waals surface area (Å²) in [4.78, 5) is 2.62. The van der Waals surface area contributed by atoms with Gasteiger partial charge in [0.15, 0.2) is 0 Å². The van der Waals surface area contributed by atoms with Crippen molar-refractivity contribution in [3.8, 4) is 0 Å². The summed E-state index contributed by atoms with van der Waals surface area (Å²) >= 11 is 0. The first-order valence-electron chi connectivity index (χ1n) is 4.82. The fourth-order valence-electron chi connectivity index (χ4n) is 2.37. The van der Waals surface area contributed by atoms with Crippen LogP contribution in [0.2, 0.25) is 0 Å². The van der Waals surface area contributed by atoms with E-state index in [1.165, 1.54) is 38.6 Å². The van der Waals surface area contributed by atoms with Gasteiger partial charge in [0.1, 0.15) is 0 Å². The van der Waals surface area contributed by atoms with Crippen molar-refractivity contribution in [3.05, 3.63) is 0 Å². The summed E-state index contributed by atoms with van der Waals surface area (Å²) < 4.78 is 0. The highest BCUT2D eigenvalue weighted by atomic mass is 15.2. The van der Waals surface area contributed by atoms with E-state index in [0.717, 1.165) is 13.1 Å². The number of hydrogen-bond donors (Lipinski definition) is 1. The van der Waals surface area contributed by atoms with Gasteiger partial charge in [-0.15, -0.1) is 0 Å². The van der Waals surface area contributed by atoms with E-state index in [-0.39, 0.29) is 0 Å². The Kier molecular flexibility index (Phi) is 1.90. The topological polar surface area (TPSA) is 29.3 Å². The van der Waals surface area contributed by atoms with Crippen molar-refractivity contribution in [1.29, 1.82) is 0 Å². The molecule has 2 heteroatoms. The minimum absolute atomic E-state index is 0.650. The van der Waals surface area contributed by atoms with Crippen LogP contribution in [-0.2, 0) is 0 Å². The van der Waals surface area contributed by atoms with Crippen LogP contribution in [0, 0.1) is 0 Å². The van der Waals surface area contributed by atoms with E-state index in [1.807, 2.05) is 0 Å². The molecule has 0 unspecified atom stereocenters. The molecule has 11 heavy (non-hydrogen) atoms. The second-order valence-electron chi connectivity index (χ2n) is 3.96. The maximum Gasteiger partial charge on any atom is 0.0211 e. The van der Waals surface area contributed by atoms with E-state index in [0.29, 0.717) is 5.54 Å². The first-order valence-corrected chi connectivity index (χ1v) is 4.82. The molecule has 1 heterocycles. The van der Waals surface area contributed by atoms with E-state index < -0.39 is 0 Å². The summed E-state index contributed by atoms with van der Waals surface area (Å²) in [6.45, 7) is 3.26. The molecule has 2 fully saturated rings. The van der Waals surface area contributed by atoms with Crippen molar-refractivity contribution >= 4 is 0 Å². The van der Waals surface area contributed by atoms with E-state index >= 15 is 0 Å². The average Bonchev–Trinajstić information content (AvgIpc) is 2.77. The SMILES string of the molecule is NCCN1CCCCC12CC2. The molecule has 2 rings (SSSR count). The van der Waals surface area contributed by atoms with E-state index in [4.69, 9.17) is 5.73 Å². The Morgan fingerprint density at radius 2 is 2.00 bits per heavy atom. The lowest BCUT2D eigenvalue weighted by atomic mass is 10.0. The summed E-state index contributed by atoms with van der Waals surface area (Å²) in [5.41, 5.74) is 6.22. The van der Waals surface area contributed by atoms with Gasteiger partial charge in [-0.25, -0.2) is 0 Å². The van der Waals surface area contributed by atoms with Crippen molar-refractivity contribution < 1.29 is 0 Å². The molecule has 2 aliphatic rings. The third-order valence-electron chi connectivity index (χ3n) is 3.22. The molecule has 64 valence electrons. The molecule has 0 atom stereocenters. The third kappa shape index (κ3) is 1.30. The van der Waals surface area contributed by atoms with Crippen molar-refractivity contribution in [2.75, 3.05) is 19.6 Å². The molecular weight excluding hydrogens is 136 g/mol. The first kappa shape index (κ1) is 7.56. The predicted octanol–water partition coefficient (Wildman–Crippen LogP) is 0.964. The number of piperidine rings is 1. The summed E-state index contributed by atoms with van der Waals surface area (Å²) in [6, 6.07) is 0. The van der Waals surface area contributed by atoms with Crippen LogP contribution in [0.5, 0.6) is 0 Å². The van der Waals surface area contributed by atoms with Crippen LogP contribution in [0.1, 0.15) is 32.1 Å². The van der Waals surface area contributed by atoms with Crippen molar-refractivity contribution in [2.24, 2.45) is 5.73 Å². The van der Waals surface area contributed by atoms with Crippen LogP contribution < -0.4 is 5.73 Å². The van der Waals surface area contributed by atoms with Crippen LogP contribution in [0.4, 0.5) is 0 Å². The lowest BCUT2D eigenvalue weighted by Gasteiger charge is -2.35. The Hall–Kier alpha value is -0.0800. The molecule has 1 saturated heterocycles. The number of nitrogens with two attached hydrogens (primary N) is 1. The second kappa shape index (κ2) is 2.76. The zero-order chi connectivity index (χ0) is 7.73. The van der Waals surface area contributed by atoms with Crippen LogP contribution in [0.15, 0.2) is 0 Å². The van der Waals surface area contributed by atoms with Gasteiger partial charge in [-0.1, -0.05) is 6.42 Å². The normalized spacial score (nSPS) is 29.2. The average molecular weight is 154 g/mol. The Morgan fingerprint density at radius 3 is 2.64 bits per heavy atom. The van der Waals surface area contributed by atoms with Crippen LogP contribution in [0.3, 0.4) is 0 Å². The quantitative estimate of drug-likeness (QED) is 0.642. The maximum atomic E-state index is 5.57. The van der Waals surface area contributed by atoms with Crippen molar-refractivity contribution in [1.82, 2.24) is 4.90 Å². The zero-order valence-electron chi connectivity index (χ0n) is 7.18. The highest BCUT2D eigenvalue weighted by Crippen LogP contribution is 2.47. The minimum Gasteiger partial charge on any atom is -0.329 e. The van der Waals surface area contributed by atoms with Gasteiger partial charge in [-0.05, 0) is 32.2 Å². The molecule has 0 amide bonds. The van der Waals surface area contributed by atoms with Crippen molar-refractivity contribution in [2.45, 2.75) is 37.6 Å². The molecule has 1 spiro atoms. The predicted molar refractivity (Wildman–Crippen MR) is 46.4 cm³/mol. The van der Waals surface area contributed by atoms with Gasteiger partial charge in [0.25, 0.3) is 0 Å². The molecule has 2 nitrogen and oxygen atoms in total. The smallest absolute Gasteiger partial charge is 0.0211 e. The number of nitrogens with zero attached hydrogens (tertiary/aromatic N) is 1. The second-order valence-corrected chi connectivity index (χ2v) is 3.96. The summed E-state index contributed by atoms with van der Waals surface area (Å²) in [5, 5.41) is 0. The Labute approximate surface area is 68.7 Å². The van der Waals surface area contributed by atoms with E-state index in [1.54, 1.807) is 0 Å². The fraction of sp³-hybridized carbons (Fsp3) is 1.00. The van der Waals surface area contributed by atoms with Gasteiger partial charge in [0.2, 0.25) is 0 Å². The van der Waals surface area contributed by atoms with Crippen molar-refractivity contribution in [3.63, 3.8) is 0 Å². The van der Waals surface area contributed by atoms with Crippen LogP contribution in [-0.4, -0.2) is 30.1 Å². The molecule has 0 aromatic carbocycles. The monoisotopic (exact) mass is 154 g/mol. The van der Waals surface area contributed by atoms with Crippen LogP contribution >= 0.6 is 0 Å².